The van der Waals surface area contributed by atoms with Gasteiger partial charge in [0.1, 0.15) is 5.75 Å². The molecular formula is C14H21N3O3. The lowest BCUT2D eigenvalue weighted by molar-refractivity contribution is -0.128. The Balaban J connectivity index is 2.16. The molecule has 0 aliphatic heterocycles. The fraction of sp³-hybridized carbons (Fsp3) is 0.429. The van der Waals surface area contributed by atoms with E-state index in [1.54, 1.807) is 32.3 Å². The van der Waals surface area contributed by atoms with E-state index in [1.165, 1.54) is 4.90 Å². The number of hydrogen-bond donors (Lipinski definition) is 3. The molecule has 3 amide bonds. The fourth-order valence-electron chi connectivity index (χ4n) is 1.60. The smallest absolute Gasteiger partial charge is 0.314 e. The summed E-state index contributed by atoms with van der Waals surface area (Å²) in [5, 5.41) is 14.6. The van der Waals surface area contributed by atoms with Crippen LogP contribution in [-0.2, 0) is 11.2 Å². The van der Waals surface area contributed by atoms with E-state index in [-0.39, 0.29) is 24.1 Å². The molecule has 0 unspecified atom stereocenters. The van der Waals surface area contributed by atoms with Crippen LogP contribution in [0.3, 0.4) is 0 Å². The molecular weight excluding hydrogens is 258 g/mol. The van der Waals surface area contributed by atoms with Crippen LogP contribution in [0.5, 0.6) is 5.75 Å². The van der Waals surface area contributed by atoms with Gasteiger partial charge in [0.15, 0.2) is 0 Å². The molecule has 20 heavy (non-hydrogen) atoms. The van der Waals surface area contributed by atoms with Crippen molar-refractivity contribution in [2.24, 2.45) is 0 Å². The average molecular weight is 279 g/mol. The van der Waals surface area contributed by atoms with E-state index < -0.39 is 0 Å². The standard InChI is InChI=1S/C14H21N3O3/c1-17(2)13(19)7-9-16-14(20)15-8-6-11-4-3-5-12(18)10-11/h3-5,10,18H,6-9H2,1-2H3,(H2,15,16,20). The van der Waals surface area contributed by atoms with Crippen LogP contribution in [0, 0.1) is 0 Å². The van der Waals surface area contributed by atoms with Gasteiger partial charge in [0.2, 0.25) is 5.91 Å². The van der Waals surface area contributed by atoms with Crippen molar-refractivity contribution in [3.05, 3.63) is 29.8 Å². The first kappa shape index (κ1) is 15.8. The summed E-state index contributed by atoms with van der Waals surface area (Å²) in [6, 6.07) is 6.62. The number of nitrogens with zero attached hydrogens (tertiary/aromatic N) is 1. The van der Waals surface area contributed by atoms with Crippen molar-refractivity contribution in [2.75, 3.05) is 27.2 Å². The first-order valence-electron chi connectivity index (χ1n) is 6.49. The van der Waals surface area contributed by atoms with E-state index in [9.17, 15) is 14.7 Å². The molecule has 1 aromatic carbocycles. The lowest BCUT2D eigenvalue weighted by Gasteiger charge is -2.11. The summed E-state index contributed by atoms with van der Waals surface area (Å²) in [6.07, 6.45) is 0.922. The Hall–Kier alpha value is -2.24. The summed E-state index contributed by atoms with van der Waals surface area (Å²) in [4.78, 5) is 24.2. The summed E-state index contributed by atoms with van der Waals surface area (Å²) in [6.45, 7) is 0.784. The summed E-state index contributed by atoms with van der Waals surface area (Å²) < 4.78 is 0. The number of carbonyl (C=O) groups is 2. The minimum absolute atomic E-state index is 0.0231. The van der Waals surface area contributed by atoms with Gasteiger partial charge in [0.05, 0.1) is 0 Å². The second-order valence-electron chi connectivity index (χ2n) is 4.64. The largest absolute Gasteiger partial charge is 0.508 e. The molecule has 0 atom stereocenters. The van der Waals surface area contributed by atoms with Crippen molar-refractivity contribution < 1.29 is 14.7 Å². The molecule has 0 bridgehead atoms. The number of phenols is 1. The summed E-state index contributed by atoms with van der Waals surface area (Å²) in [5.74, 6) is 0.194. The molecule has 6 nitrogen and oxygen atoms in total. The van der Waals surface area contributed by atoms with E-state index in [1.807, 2.05) is 6.07 Å². The van der Waals surface area contributed by atoms with Gasteiger partial charge in [-0.3, -0.25) is 4.79 Å². The van der Waals surface area contributed by atoms with Crippen molar-refractivity contribution in [1.29, 1.82) is 0 Å². The van der Waals surface area contributed by atoms with Crippen LogP contribution in [-0.4, -0.2) is 49.1 Å². The zero-order valence-electron chi connectivity index (χ0n) is 11.8. The predicted octanol–water partition coefficient (Wildman–Crippen LogP) is 0.712. The summed E-state index contributed by atoms with van der Waals surface area (Å²) in [7, 11) is 3.36. The van der Waals surface area contributed by atoms with Crippen LogP contribution in [0.15, 0.2) is 24.3 Å². The normalized spacial score (nSPS) is 9.90. The Bertz CT molecular complexity index is 461. The Morgan fingerprint density at radius 1 is 1.20 bits per heavy atom. The maximum absolute atomic E-state index is 11.5. The molecule has 1 aromatic rings. The van der Waals surface area contributed by atoms with E-state index >= 15 is 0 Å². The molecule has 6 heteroatoms. The van der Waals surface area contributed by atoms with Gasteiger partial charge >= 0.3 is 6.03 Å². The van der Waals surface area contributed by atoms with Gasteiger partial charge in [0, 0.05) is 33.6 Å². The number of nitrogens with one attached hydrogen (secondary N) is 2. The van der Waals surface area contributed by atoms with Crippen LogP contribution in [0.1, 0.15) is 12.0 Å². The molecule has 0 saturated heterocycles. The number of aromatic hydroxyl groups is 1. The highest BCUT2D eigenvalue weighted by atomic mass is 16.3. The highest BCUT2D eigenvalue weighted by Gasteiger charge is 2.05. The molecule has 0 radical (unpaired) electrons. The number of hydrogen-bond acceptors (Lipinski definition) is 3. The van der Waals surface area contributed by atoms with Crippen molar-refractivity contribution in [3.63, 3.8) is 0 Å². The number of carbonyl (C=O) groups excluding carboxylic acids is 2. The highest BCUT2D eigenvalue weighted by Crippen LogP contribution is 2.10. The van der Waals surface area contributed by atoms with Crippen molar-refractivity contribution >= 4 is 11.9 Å². The summed E-state index contributed by atoms with van der Waals surface area (Å²) in [5.41, 5.74) is 0.952. The molecule has 0 fully saturated rings. The number of benzene rings is 1. The predicted molar refractivity (Wildman–Crippen MR) is 76.5 cm³/mol. The van der Waals surface area contributed by atoms with Gasteiger partial charge in [-0.2, -0.15) is 0 Å². The van der Waals surface area contributed by atoms with Crippen molar-refractivity contribution in [1.82, 2.24) is 15.5 Å². The quantitative estimate of drug-likeness (QED) is 0.717. The molecule has 110 valence electrons. The lowest BCUT2D eigenvalue weighted by atomic mass is 10.1. The molecule has 0 aliphatic rings. The topological polar surface area (TPSA) is 81.7 Å². The second-order valence-corrected chi connectivity index (χ2v) is 4.64. The third-order valence-electron chi connectivity index (χ3n) is 2.73. The summed E-state index contributed by atoms with van der Waals surface area (Å²) >= 11 is 0. The minimum atomic E-state index is -0.295. The average Bonchev–Trinajstić information content (AvgIpc) is 2.38. The van der Waals surface area contributed by atoms with Crippen LogP contribution in [0.4, 0.5) is 4.79 Å². The minimum Gasteiger partial charge on any atom is -0.508 e. The fourth-order valence-corrected chi connectivity index (χ4v) is 1.60. The van der Waals surface area contributed by atoms with Gasteiger partial charge in [-0.25, -0.2) is 4.79 Å². The monoisotopic (exact) mass is 279 g/mol. The third-order valence-corrected chi connectivity index (χ3v) is 2.73. The molecule has 0 saturated carbocycles. The van der Waals surface area contributed by atoms with E-state index in [2.05, 4.69) is 10.6 Å². The molecule has 3 N–H and O–H groups in total. The molecule has 1 rings (SSSR count). The van der Waals surface area contributed by atoms with Crippen molar-refractivity contribution in [2.45, 2.75) is 12.8 Å². The van der Waals surface area contributed by atoms with Gasteiger partial charge in [-0.1, -0.05) is 12.1 Å². The van der Waals surface area contributed by atoms with Crippen LogP contribution in [0.25, 0.3) is 0 Å². The van der Waals surface area contributed by atoms with Crippen LogP contribution < -0.4 is 10.6 Å². The van der Waals surface area contributed by atoms with Gasteiger partial charge in [0.25, 0.3) is 0 Å². The zero-order valence-corrected chi connectivity index (χ0v) is 11.8. The van der Waals surface area contributed by atoms with Gasteiger partial charge < -0.3 is 20.6 Å². The Labute approximate surface area is 118 Å². The van der Waals surface area contributed by atoms with Crippen LogP contribution >= 0.6 is 0 Å². The van der Waals surface area contributed by atoms with Gasteiger partial charge in [-0.15, -0.1) is 0 Å². The number of amides is 3. The van der Waals surface area contributed by atoms with E-state index in [0.29, 0.717) is 19.5 Å². The van der Waals surface area contributed by atoms with Gasteiger partial charge in [-0.05, 0) is 24.1 Å². The molecule has 0 aliphatic carbocycles. The highest BCUT2D eigenvalue weighted by molar-refractivity contribution is 5.77. The Morgan fingerprint density at radius 2 is 1.90 bits per heavy atom. The molecule has 0 spiro atoms. The van der Waals surface area contributed by atoms with Crippen LogP contribution in [0.2, 0.25) is 0 Å². The lowest BCUT2D eigenvalue weighted by Crippen LogP contribution is -2.38. The van der Waals surface area contributed by atoms with E-state index in [0.717, 1.165) is 5.56 Å². The Morgan fingerprint density at radius 3 is 2.55 bits per heavy atom. The maximum atomic E-state index is 11.5. The number of urea groups is 1. The number of rotatable bonds is 6. The maximum Gasteiger partial charge on any atom is 0.314 e. The van der Waals surface area contributed by atoms with Crippen molar-refractivity contribution in [3.8, 4) is 5.75 Å². The van der Waals surface area contributed by atoms with E-state index in [4.69, 9.17) is 0 Å². The Kier molecular flexibility index (Phi) is 6.36. The third kappa shape index (κ3) is 6.08. The number of phenolic OH excluding ortho intramolecular Hbond substituents is 1. The molecule has 0 aromatic heterocycles. The first-order chi connectivity index (χ1) is 9.49. The SMILES string of the molecule is CN(C)C(=O)CCNC(=O)NCCc1cccc(O)c1. The zero-order chi connectivity index (χ0) is 15.0. The first-order valence-corrected chi connectivity index (χ1v) is 6.49. The molecule has 0 heterocycles. The second kappa shape index (κ2) is 8.04.